The first kappa shape index (κ1) is 17.5. The summed E-state index contributed by atoms with van der Waals surface area (Å²) in [5.74, 6) is -0.654. The summed E-state index contributed by atoms with van der Waals surface area (Å²) in [5.41, 5.74) is 0.289. The number of nitrogens with one attached hydrogen (secondary N) is 1. The van der Waals surface area contributed by atoms with Crippen LogP contribution in [0.15, 0.2) is 23.1 Å². The average molecular weight is 348 g/mol. The molecule has 134 valence electrons. The summed E-state index contributed by atoms with van der Waals surface area (Å²) in [6, 6.07) is 3.38. The van der Waals surface area contributed by atoms with Gasteiger partial charge in [-0.15, -0.1) is 0 Å². The van der Waals surface area contributed by atoms with Gasteiger partial charge < -0.3 is 14.9 Å². The van der Waals surface area contributed by atoms with Crippen LogP contribution in [-0.4, -0.2) is 49.3 Å². The van der Waals surface area contributed by atoms with Crippen molar-refractivity contribution in [1.29, 1.82) is 0 Å². The Morgan fingerprint density at radius 2 is 2.24 bits per heavy atom. The Kier molecular flexibility index (Phi) is 4.80. The fourth-order valence-corrected chi connectivity index (χ4v) is 2.71. The number of fused-ring (bicyclic) bond motifs is 1. The lowest BCUT2D eigenvalue weighted by Gasteiger charge is -2.14. The number of aliphatic hydroxyl groups is 2. The average Bonchev–Trinajstić information content (AvgIpc) is 2.95. The first-order valence-corrected chi connectivity index (χ1v) is 8.05. The molecule has 0 aromatic carbocycles. The molecule has 0 bridgehead atoms. The molecule has 0 saturated carbocycles. The van der Waals surface area contributed by atoms with E-state index in [0.717, 1.165) is 0 Å². The standard InChI is InChI=1S/C16H20N4O5/c1-8(2)14(23)18-15-17-13-9(4-3-5-20(13)16(24)19-15)11-6-10(22)12(7-21)25-11/h3-5,8,10-12,21-22H,6-7H2,1-2H3,(H,18,19,23,24)/t10-,11+,12+/m0/s1. The maximum Gasteiger partial charge on any atom is 0.356 e. The summed E-state index contributed by atoms with van der Waals surface area (Å²) in [4.78, 5) is 32.1. The van der Waals surface area contributed by atoms with Crippen LogP contribution < -0.4 is 11.0 Å². The number of aromatic nitrogens is 3. The number of ether oxygens (including phenoxy) is 1. The van der Waals surface area contributed by atoms with Crippen LogP contribution >= 0.6 is 0 Å². The highest BCUT2D eigenvalue weighted by Crippen LogP contribution is 2.34. The van der Waals surface area contributed by atoms with Crippen LogP contribution in [0, 0.1) is 5.92 Å². The van der Waals surface area contributed by atoms with Crippen molar-refractivity contribution in [3.05, 3.63) is 34.4 Å². The largest absolute Gasteiger partial charge is 0.394 e. The van der Waals surface area contributed by atoms with Crippen LogP contribution in [-0.2, 0) is 9.53 Å². The number of aliphatic hydroxyl groups excluding tert-OH is 2. The van der Waals surface area contributed by atoms with Crippen LogP contribution in [0.3, 0.4) is 0 Å². The molecule has 0 unspecified atom stereocenters. The van der Waals surface area contributed by atoms with E-state index in [1.807, 2.05) is 0 Å². The molecule has 0 radical (unpaired) electrons. The van der Waals surface area contributed by atoms with Gasteiger partial charge >= 0.3 is 5.69 Å². The Morgan fingerprint density at radius 1 is 1.48 bits per heavy atom. The lowest BCUT2D eigenvalue weighted by Crippen LogP contribution is -2.26. The van der Waals surface area contributed by atoms with Crippen molar-refractivity contribution < 1.29 is 19.7 Å². The van der Waals surface area contributed by atoms with Gasteiger partial charge in [0.05, 0.1) is 18.8 Å². The first-order valence-electron chi connectivity index (χ1n) is 8.05. The van der Waals surface area contributed by atoms with E-state index in [0.29, 0.717) is 5.56 Å². The summed E-state index contributed by atoms with van der Waals surface area (Å²) >= 11 is 0. The molecule has 1 aliphatic rings. The Balaban J connectivity index is 2.03. The fourth-order valence-electron chi connectivity index (χ4n) is 2.71. The predicted octanol–water partition coefficient (Wildman–Crippen LogP) is -0.133. The summed E-state index contributed by atoms with van der Waals surface area (Å²) in [5, 5.41) is 21.7. The van der Waals surface area contributed by atoms with Gasteiger partial charge in [-0.3, -0.25) is 14.5 Å². The van der Waals surface area contributed by atoms with E-state index in [2.05, 4.69) is 15.3 Å². The van der Waals surface area contributed by atoms with Crippen LogP contribution in [0.5, 0.6) is 0 Å². The number of nitrogens with zero attached hydrogens (tertiary/aromatic N) is 3. The molecule has 1 amide bonds. The lowest BCUT2D eigenvalue weighted by atomic mass is 10.1. The van der Waals surface area contributed by atoms with Gasteiger partial charge in [0.15, 0.2) is 5.65 Å². The summed E-state index contributed by atoms with van der Waals surface area (Å²) < 4.78 is 6.91. The van der Waals surface area contributed by atoms with Crippen LogP contribution in [0.1, 0.15) is 31.9 Å². The van der Waals surface area contributed by atoms with Crippen molar-refractivity contribution in [3.8, 4) is 0 Å². The molecule has 1 aliphatic heterocycles. The number of carbonyl (C=O) groups is 1. The molecule has 1 fully saturated rings. The topological polar surface area (TPSA) is 126 Å². The van der Waals surface area contributed by atoms with Gasteiger partial charge in [0, 0.05) is 24.1 Å². The van der Waals surface area contributed by atoms with Gasteiger partial charge in [-0.05, 0) is 6.07 Å². The van der Waals surface area contributed by atoms with Crippen molar-refractivity contribution in [2.24, 2.45) is 5.92 Å². The van der Waals surface area contributed by atoms with Gasteiger partial charge in [0.25, 0.3) is 0 Å². The molecule has 0 aliphatic carbocycles. The number of carbonyl (C=O) groups excluding carboxylic acids is 1. The molecule has 2 aromatic rings. The fraction of sp³-hybridized carbons (Fsp3) is 0.500. The van der Waals surface area contributed by atoms with Gasteiger partial charge in [0.2, 0.25) is 11.9 Å². The summed E-state index contributed by atoms with van der Waals surface area (Å²) in [7, 11) is 0. The predicted molar refractivity (Wildman–Crippen MR) is 88.0 cm³/mol. The minimum atomic E-state index is -0.802. The molecule has 2 aromatic heterocycles. The van der Waals surface area contributed by atoms with Crippen LogP contribution in [0.4, 0.5) is 5.95 Å². The third kappa shape index (κ3) is 3.39. The normalized spacial score (nSPS) is 23.3. The molecular formula is C16H20N4O5. The highest BCUT2D eigenvalue weighted by molar-refractivity contribution is 5.90. The van der Waals surface area contributed by atoms with Crippen LogP contribution in [0.2, 0.25) is 0 Å². The molecule has 9 nitrogen and oxygen atoms in total. The number of pyridine rings is 1. The van der Waals surface area contributed by atoms with Crippen molar-refractivity contribution in [2.45, 2.75) is 38.6 Å². The second-order valence-corrected chi connectivity index (χ2v) is 6.28. The quantitative estimate of drug-likeness (QED) is 0.702. The van der Waals surface area contributed by atoms with Gasteiger partial charge in [-0.2, -0.15) is 9.97 Å². The SMILES string of the molecule is CC(C)C(=O)Nc1nc(=O)n2cccc([C@H]3C[C@H](O)[C@@H](CO)O3)c2n1. The molecule has 3 N–H and O–H groups in total. The van der Waals surface area contributed by atoms with E-state index in [1.54, 1.807) is 26.0 Å². The van der Waals surface area contributed by atoms with Gasteiger partial charge in [-0.25, -0.2) is 4.79 Å². The molecule has 25 heavy (non-hydrogen) atoms. The molecule has 3 heterocycles. The number of amides is 1. The zero-order valence-electron chi connectivity index (χ0n) is 13.9. The zero-order chi connectivity index (χ0) is 18.1. The summed E-state index contributed by atoms with van der Waals surface area (Å²) in [6.45, 7) is 3.14. The number of rotatable bonds is 4. The minimum absolute atomic E-state index is 0.0756. The molecule has 9 heteroatoms. The van der Waals surface area contributed by atoms with Crippen molar-refractivity contribution in [1.82, 2.24) is 14.4 Å². The zero-order valence-corrected chi connectivity index (χ0v) is 13.9. The third-order valence-electron chi connectivity index (χ3n) is 4.13. The molecular weight excluding hydrogens is 328 g/mol. The van der Waals surface area contributed by atoms with Crippen molar-refractivity contribution in [3.63, 3.8) is 0 Å². The Hall–Kier alpha value is -2.36. The van der Waals surface area contributed by atoms with E-state index < -0.39 is 24.0 Å². The monoisotopic (exact) mass is 348 g/mol. The highest BCUT2D eigenvalue weighted by Gasteiger charge is 2.35. The van der Waals surface area contributed by atoms with E-state index >= 15 is 0 Å². The number of hydrogen-bond acceptors (Lipinski definition) is 7. The Bertz CT molecular complexity index is 850. The maximum absolute atomic E-state index is 12.2. The van der Waals surface area contributed by atoms with Gasteiger partial charge in [-0.1, -0.05) is 19.9 Å². The van der Waals surface area contributed by atoms with E-state index in [4.69, 9.17) is 4.74 Å². The summed E-state index contributed by atoms with van der Waals surface area (Å²) in [6.07, 6.45) is -0.213. The molecule has 3 atom stereocenters. The molecule has 1 saturated heterocycles. The maximum atomic E-state index is 12.2. The molecule has 3 rings (SSSR count). The lowest BCUT2D eigenvalue weighted by molar-refractivity contribution is -0.118. The van der Waals surface area contributed by atoms with E-state index in [9.17, 15) is 19.8 Å². The van der Waals surface area contributed by atoms with Crippen molar-refractivity contribution >= 4 is 17.5 Å². The minimum Gasteiger partial charge on any atom is -0.394 e. The second kappa shape index (κ2) is 6.87. The Morgan fingerprint density at radius 3 is 2.88 bits per heavy atom. The number of hydrogen-bond donors (Lipinski definition) is 3. The van der Waals surface area contributed by atoms with Crippen molar-refractivity contribution in [2.75, 3.05) is 11.9 Å². The third-order valence-corrected chi connectivity index (χ3v) is 4.13. The molecule has 0 spiro atoms. The van der Waals surface area contributed by atoms with E-state index in [-0.39, 0.29) is 36.4 Å². The smallest absolute Gasteiger partial charge is 0.356 e. The first-order chi connectivity index (χ1) is 11.9. The van der Waals surface area contributed by atoms with E-state index in [1.165, 1.54) is 10.6 Å². The van der Waals surface area contributed by atoms with Gasteiger partial charge in [0.1, 0.15) is 6.10 Å². The van der Waals surface area contributed by atoms with Crippen LogP contribution in [0.25, 0.3) is 5.65 Å². The number of anilines is 1. The Labute approximate surface area is 143 Å². The second-order valence-electron chi connectivity index (χ2n) is 6.28. The highest BCUT2D eigenvalue weighted by atomic mass is 16.5.